The van der Waals surface area contributed by atoms with Crippen molar-refractivity contribution in [1.82, 2.24) is 5.32 Å². The van der Waals surface area contributed by atoms with E-state index in [4.69, 9.17) is 11.6 Å². The Kier molecular flexibility index (Phi) is 3.54. The third kappa shape index (κ3) is 2.32. The van der Waals surface area contributed by atoms with Crippen LogP contribution in [0.25, 0.3) is 0 Å². The highest BCUT2D eigenvalue weighted by Crippen LogP contribution is 2.25. The molecule has 5 heteroatoms. The minimum absolute atomic E-state index is 0.0997. The van der Waals surface area contributed by atoms with Crippen molar-refractivity contribution in [2.24, 2.45) is 17.5 Å². The fourth-order valence-corrected chi connectivity index (χ4v) is 2.18. The lowest BCUT2D eigenvalue weighted by molar-refractivity contribution is 0.470. The SMILES string of the molecule is CC1CNC(C)C(N)=C1N(N)c1ccc(F)cc1. The molecule has 1 aliphatic rings. The van der Waals surface area contributed by atoms with Crippen molar-refractivity contribution in [2.75, 3.05) is 11.6 Å². The molecule has 1 heterocycles. The molecule has 0 bridgehead atoms. The summed E-state index contributed by atoms with van der Waals surface area (Å²) in [5, 5.41) is 4.85. The normalized spacial score (nSPS) is 24.2. The van der Waals surface area contributed by atoms with Gasteiger partial charge in [-0.2, -0.15) is 0 Å². The van der Waals surface area contributed by atoms with Gasteiger partial charge in [0.25, 0.3) is 0 Å². The number of hydrazine groups is 1. The van der Waals surface area contributed by atoms with Crippen LogP contribution in [0.3, 0.4) is 0 Å². The van der Waals surface area contributed by atoms with Crippen LogP contribution in [0.1, 0.15) is 13.8 Å². The van der Waals surface area contributed by atoms with Crippen molar-refractivity contribution in [3.63, 3.8) is 0 Å². The summed E-state index contributed by atoms with van der Waals surface area (Å²) >= 11 is 0. The van der Waals surface area contributed by atoms with Crippen molar-refractivity contribution < 1.29 is 4.39 Å². The molecule has 0 fully saturated rings. The van der Waals surface area contributed by atoms with E-state index in [1.54, 1.807) is 17.1 Å². The van der Waals surface area contributed by atoms with E-state index >= 15 is 0 Å². The van der Waals surface area contributed by atoms with Crippen LogP contribution in [0.15, 0.2) is 35.7 Å². The van der Waals surface area contributed by atoms with E-state index in [1.165, 1.54) is 12.1 Å². The van der Waals surface area contributed by atoms with Gasteiger partial charge in [0.1, 0.15) is 5.82 Å². The standard InChI is InChI=1S/C13H19FN4/c1-8-7-17-9(2)12(15)13(8)18(16)11-5-3-10(14)4-6-11/h3-6,8-9,17H,7,15-16H2,1-2H3. The fourth-order valence-electron chi connectivity index (χ4n) is 2.18. The monoisotopic (exact) mass is 250 g/mol. The maximum absolute atomic E-state index is 12.9. The minimum Gasteiger partial charge on any atom is -0.399 e. The van der Waals surface area contributed by atoms with Crippen molar-refractivity contribution >= 4 is 5.69 Å². The first-order valence-corrected chi connectivity index (χ1v) is 6.04. The molecule has 18 heavy (non-hydrogen) atoms. The average Bonchev–Trinajstić information content (AvgIpc) is 2.35. The molecule has 2 atom stereocenters. The number of anilines is 1. The van der Waals surface area contributed by atoms with E-state index in [-0.39, 0.29) is 17.8 Å². The summed E-state index contributed by atoms with van der Waals surface area (Å²) in [6.45, 7) is 4.89. The van der Waals surface area contributed by atoms with Gasteiger partial charge in [0.2, 0.25) is 0 Å². The van der Waals surface area contributed by atoms with Crippen LogP contribution in [0, 0.1) is 11.7 Å². The van der Waals surface area contributed by atoms with Crippen molar-refractivity contribution in [1.29, 1.82) is 0 Å². The van der Waals surface area contributed by atoms with Crippen LogP contribution >= 0.6 is 0 Å². The summed E-state index contributed by atoms with van der Waals surface area (Å²) in [4.78, 5) is 0. The lowest BCUT2D eigenvalue weighted by Gasteiger charge is -2.35. The molecular weight excluding hydrogens is 231 g/mol. The zero-order chi connectivity index (χ0) is 13.3. The maximum atomic E-state index is 12.9. The second kappa shape index (κ2) is 4.96. The number of rotatable bonds is 2. The Labute approximate surface area is 106 Å². The molecule has 5 N–H and O–H groups in total. The first-order valence-electron chi connectivity index (χ1n) is 6.04. The van der Waals surface area contributed by atoms with Crippen LogP contribution in [-0.4, -0.2) is 12.6 Å². The Hall–Kier alpha value is -1.59. The summed E-state index contributed by atoms with van der Waals surface area (Å²) in [6.07, 6.45) is 0. The van der Waals surface area contributed by atoms with Crippen LogP contribution < -0.4 is 21.9 Å². The van der Waals surface area contributed by atoms with Crippen LogP contribution in [0.2, 0.25) is 0 Å². The first kappa shape index (κ1) is 12.9. The smallest absolute Gasteiger partial charge is 0.123 e. The molecule has 1 aromatic rings. The molecule has 0 aliphatic carbocycles. The van der Waals surface area contributed by atoms with Gasteiger partial charge in [0, 0.05) is 24.2 Å². The zero-order valence-corrected chi connectivity index (χ0v) is 10.7. The molecule has 0 saturated heterocycles. The Morgan fingerprint density at radius 1 is 1.28 bits per heavy atom. The predicted molar refractivity (Wildman–Crippen MR) is 70.9 cm³/mol. The van der Waals surface area contributed by atoms with E-state index in [0.717, 1.165) is 23.6 Å². The van der Waals surface area contributed by atoms with Gasteiger partial charge in [-0.15, -0.1) is 0 Å². The molecule has 1 aromatic carbocycles. The Bertz CT molecular complexity index is 455. The van der Waals surface area contributed by atoms with Crippen molar-refractivity contribution in [3.8, 4) is 0 Å². The molecule has 2 rings (SSSR count). The predicted octanol–water partition coefficient (Wildman–Crippen LogP) is 1.30. The molecule has 0 spiro atoms. The van der Waals surface area contributed by atoms with Gasteiger partial charge >= 0.3 is 0 Å². The van der Waals surface area contributed by atoms with E-state index in [0.29, 0.717) is 0 Å². The fraction of sp³-hybridized carbons (Fsp3) is 0.385. The summed E-state index contributed by atoms with van der Waals surface area (Å²) in [5.41, 5.74) is 8.47. The molecule has 0 saturated carbocycles. The Balaban J connectivity index is 2.34. The van der Waals surface area contributed by atoms with Gasteiger partial charge in [-0.1, -0.05) is 6.92 Å². The zero-order valence-electron chi connectivity index (χ0n) is 10.7. The Morgan fingerprint density at radius 3 is 2.50 bits per heavy atom. The number of nitrogens with one attached hydrogen (secondary N) is 1. The van der Waals surface area contributed by atoms with Crippen molar-refractivity contribution in [3.05, 3.63) is 41.5 Å². The Morgan fingerprint density at radius 2 is 1.89 bits per heavy atom. The van der Waals surface area contributed by atoms with Crippen LogP contribution in [0.4, 0.5) is 10.1 Å². The molecule has 2 unspecified atom stereocenters. The summed E-state index contributed by atoms with van der Waals surface area (Å²) in [7, 11) is 0. The number of nitrogens with zero attached hydrogens (tertiary/aromatic N) is 1. The second-order valence-electron chi connectivity index (χ2n) is 4.72. The lowest BCUT2D eigenvalue weighted by atomic mass is 9.97. The summed E-state index contributed by atoms with van der Waals surface area (Å²) in [5.74, 6) is 6.05. The highest BCUT2D eigenvalue weighted by molar-refractivity contribution is 5.52. The molecule has 98 valence electrons. The summed E-state index contributed by atoms with van der Waals surface area (Å²) < 4.78 is 12.9. The molecule has 0 amide bonds. The van der Waals surface area contributed by atoms with Crippen LogP contribution in [-0.2, 0) is 0 Å². The van der Waals surface area contributed by atoms with E-state index < -0.39 is 0 Å². The van der Waals surface area contributed by atoms with E-state index in [9.17, 15) is 4.39 Å². The number of benzene rings is 1. The average molecular weight is 250 g/mol. The van der Waals surface area contributed by atoms with Gasteiger partial charge < -0.3 is 11.1 Å². The van der Waals surface area contributed by atoms with Crippen LogP contribution in [0.5, 0.6) is 0 Å². The van der Waals surface area contributed by atoms with Gasteiger partial charge in [0.05, 0.1) is 11.4 Å². The van der Waals surface area contributed by atoms with Gasteiger partial charge in [0.15, 0.2) is 0 Å². The third-order valence-electron chi connectivity index (χ3n) is 3.32. The number of halogens is 1. The van der Waals surface area contributed by atoms with E-state index in [2.05, 4.69) is 12.2 Å². The topological polar surface area (TPSA) is 67.3 Å². The third-order valence-corrected chi connectivity index (χ3v) is 3.32. The molecule has 0 aromatic heterocycles. The van der Waals surface area contributed by atoms with E-state index in [1.807, 2.05) is 6.92 Å². The highest BCUT2D eigenvalue weighted by atomic mass is 19.1. The number of nitrogens with two attached hydrogens (primary N) is 2. The van der Waals surface area contributed by atoms with Crippen molar-refractivity contribution in [2.45, 2.75) is 19.9 Å². The number of hydrogen-bond donors (Lipinski definition) is 3. The molecule has 1 aliphatic heterocycles. The second-order valence-corrected chi connectivity index (χ2v) is 4.72. The molecule has 0 radical (unpaired) electrons. The number of hydrogen-bond acceptors (Lipinski definition) is 4. The molecular formula is C13H19FN4. The quantitative estimate of drug-likeness (QED) is 0.547. The highest BCUT2D eigenvalue weighted by Gasteiger charge is 2.26. The maximum Gasteiger partial charge on any atom is 0.123 e. The summed E-state index contributed by atoms with van der Waals surface area (Å²) in [6, 6.07) is 6.18. The van der Waals surface area contributed by atoms with Gasteiger partial charge in [-0.25, -0.2) is 10.2 Å². The molecule has 4 nitrogen and oxygen atoms in total. The largest absolute Gasteiger partial charge is 0.399 e. The first-order chi connectivity index (χ1) is 8.50. The van der Waals surface area contributed by atoms with Gasteiger partial charge in [-0.05, 0) is 31.2 Å². The lowest BCUT2D eigenvalue weighted by Crippen LogP contribution is -2.47. The minimum atomic E-state index is -0.277. The van der Waals surface area contributed by atoms with Gasteiger partial charge in [-0.3, -0.25) is 5.01 Å².